The fourth-order valence-electron chi connectivity index (χ4n) is 2.81. The summed E-state index contributed by atoms with van der Waals surface area (Å²) in [6.45, 7) is 7.27. The molecule has 132 valence electrons. The van der Waals surface area contributed by atoms with Gasteiger partial charge in [0.1, 0.15) is 0 Å². The number of carbonyl (C=O) groups excluding carboxylic acids is 1. The van der Waals surface area contributed by atoms with Crippen LogP contribution in [-0.2, 0) is 9.53 Å². The van der Waals surface area contributed by atoms with Crippen molar-refractivity contribution in [1.82, 2.24) is 0 Å². The summed E-state index contributed by atoms with van der Waals surface area (Å²) in [6, 6.07) is 0. The molecular weight excluding hydrogens is 272 g/mol. The number of hydrogen-bond acceptors (Lipinski definition) is 2. The average Bonchev–Trinajstić information content (AvgIpc) is 2.53. The molecule has 0 bridgehead atoms. The Morgan fingerprint density at radius 1 is 0.727 bits per heavy atom. The predicted molar refractivity (Wildman–Crippen MR) is 96.1 cm³/mol. The molecule has 0 fully saturated rings. The maximum absolute atomic E-state index is 11.7. The molecule has 0 N–H and O–H groups in total. The molecule has 2 nitrogen and oxygen atoms in total. The van der Waals surface area contributed by atoms with E-state index in [1.165, 1.54) is 70.6 Å². The average molecular weight is 313 g/mol. The van der Waals surface area contributed by atoms with Gasteiger partial charge in [0.15, 0.2) is 0 Å². The molecule has 0 aromatic heterocycles. The maximum Gasteiger partial charge on any atom is 0.305 e. The van der Waals surface area contributed by atoms with Gasteiger partial charge in [0.25, 0.3) is 0 Å². The third kappa shape index (κ3) is 14.4. The largest absolute Gasteiger partial charge is 0.465 e. The molecule has 0 amide bonds. The summed E-state index contributed by atoms with van der Waals surface area (Å²) in [5.74, 6) is 0.593. The number of unbranched alkanes of at least 4 members (excludes halogenated alkanes) is 8. The molecule has 22 heavy (non-hydrogen) atoms. The van der Waals surface area contributed by atoms with Crippen LogP contribution in [0.4, 0.5) is 0 Å². The van der Waals surface area contributed by atoms with Crippen LogP contribution in [-0.4, -0.2) is 12.6 Å². The Balaban J connectivity index is 3.90. The van der Waals surface area contributed by atoms with Gasteiger partial charge in [-0.15, -0.1) is 0 Å². The molecule has 2 heteroatoms. The molecule has 0 saturated carbocycles. The van der Waals surface area contributed by atoms with E-state index in [0.29, 0.717) is 18.9 Å². The van der Waals surface area contributed by atoms with Gasteiger partial charge < -0.3 is 4.74 Å². The first-order valence-corrected chi connectivity index (χ1v) is 9.90. The number of hydrogen-bond donors (Lipinski definition) is 0. The zero-order valence-corrected chi connectivity index (χ0v) is 15.5. The lowest BCUT2D eigenvalue weighted by atomic mass is 9.95. The van der Waals surface area contributed by atoms with Gasteiger partial charge in [0, 0.05) is 6.42 Å². The normalized spacial score (nSPS) is 12.3. The molecule has 0 saturated heterocycles. The van der Waals surface area contributed by atoms with Crippen molar-refractivity contribution in [2.75, 3.05) is 6.61 Å². The Kier molecular flexibility index (Phi) is 16.4. The Hall–Kier alpha value is -0.530. The molecule has 0 spiro atoms. The van der Waals surface area contributed by atoms with E-state index in [9.17, 15) is 4.79 Å². The molecule has 0 aromatic carbocycles. The fraction of sp³-hybridized carbons (Fsp3) is 0.950. The van der Waals surface area contributed by atoms with E-state index < -0.39 is 0 Å². The Labute approximate surface area is 139 Å². The summed E-state index contributed by atoms with van der Waals surface area (Å²) in [4.78, 5) is 11.7. The van der Waals surface area contributed by atoms with Crippen molar-refractivity contribution in [1.29, 1.82) is 0 Å². The third-order valence-corrected chi connectivity index (χ3v) is 4.40. The summed E-state index contributed by atoms with van der Waals surface area (Å²) in [5.41, 5.74) is 0. The van der Waals surface area contributed by atoms with E-state index in [-0.39, 0.29) is 5.97 Å². The van der Waals surface area contributed by atoms with E-state index in [4.69, 9.17) is 4.74 Å². The third-order valence-electron chi connectivity index (χ3n) is 4.40. The van der Waals surface area contributed by atoms with Crippen LogP contribution < -0.4 is 0 Å². The molecule has 0 aliphatic rings. The molecule has 1 unspecified atom stereocenters. The van der Waals surface area contributed by atoms with Crippen molar-refractivity contribution in [3.8, 4) is 0 Å². The molecule has 0 aliphatic carbocycles. The zero-order valence-electron chi connectivity index (χ0n) is 15.5. The minimum atomic E-state index is 0.00592. The first-order chi connectivity index (χ1) is 10.7. The van der Waals surface area contributed by atoms with Crippen LogP contribution >= 0.6 is 0 Å². The van der Waals surface area contributed by atoms with Crippen molar-refractivity contribution >= 4 is 5.97 Å². The first kappa shape index (κ1) is 21.5. The van der Waals surface area contributed by atoms with Crippen LogP contribution in [0.5, 0.6) is 0 Å². The molecule has 0 aliphatic heterocycles. The molecule has 0 aromatic rings. The number of ether oxygens (including phenoxy) is 1. The maximum atomic E-state index is 11.7. The van der Waals surface area contributed by atoms with Crippen molar-refractivity contribution < 1.29 is 9.53 Å². The van der Waals surface area contributed by atoms with Gasteiger partial charge in [-0.1, -0.05) is 85.0 Å². The lowest BCUT2D eigenvalue weighted by Crippen LogP contribution is -2.14. The number of carbonyl (C=O) groups is 1. The molecular formula is C20H40O2. The highest BCUT2D eigenvalue weighted by molar-refractivity contribution is 5.69. The Bertz CT molecular complexity index is 238. The minimum Gasteiger partial charge on any atom is -0.465 e. The monoisotopic (exact) mass is 312 g/mol. The van der Waals surface area contributed by atoms with Crippen LogP contribution in [0, 0.1) is 5.92 Å². The highest BCUT2D eigenvalue weighted by atomic mass is 16.5. The molecule has 0 rings (SSSR count). The van der Waals surface area contributed by atoms with Gasteiger partial charge in [0.05, 0.1) is 6.61 Å². The number of rotatable bonds is 16. The second kappa shape index (κ2) is 16.8. The topological polar surface area (TPSA) is 26.3 Å². The summed E-state index contributed by atoms with van der Waals surface area (Å²) < 4.78 is 5.50. The van der Waals surface area contributed by atoms with Crippen LogP contribution in [0.3, 0.4) is 0 Å². The van der Waals surface area contributed by atoms with E-state index in [2.05, 4.69) is 20.8 Å². The minimum absolute atomic E-state index is 0.00592. The van der Waals surface area contributed by atoms with Gasteiger partial charge in [-0.3, -0.25) is 4.79 Å². The van der Waals surface area contributed by atoms with Gasteiger partial charge in [-0.25, -0.2) is 0 Å². The lowest BCUT2D eigenvalue weighted by molar-refractivity contribution is -0.145. The van der Waals surface area contributed by atoms with Crippen molar-refractivity contribution in [2.45, 2.75) is 111 Å². The fourth-order valence-corrected chi connectivity index (χ4v) is 2.81. The van der Waals surface area contributed by atoms with Gasteiger partial charge in [-0.2, -0.15) is 0 Å². The Morgan fingerprint density at radius 3 is 1.77 bits per heavy atom. The second-order valence-electron chi connectivity index (χ2n) is 6.70. The first-order valence-electron chi connectivity index (χ1n) is 9.90. The van der Waals surface area contributed by atoms with Crippen LogP contribution in [0.25, 0.3) is 0 Å². The molecule has 1 atom stereocenters. The van der Waals surface area contributed by atoms with Crippen molar-refractivity contribution in [3.63, 3.8) is 0 Å². The van der Waals surface area contributed by atoms with Gasteiger partial charge in [0.2, 0.25) is 0 Å². The van der Waals surface area contributed by atoms with E-state index in [1.807, 2.05) is 0 Å². The zero-order chi connectivity index (χ0) is 16.5. The Morgan fingerprint density at radius 2 is 1.23 bits per heavy atom. The van der Waals surface area contributed by atoms with Gasteiger partial charge >= 0.3 is 5.97 Å². The summed E-state index contributed by atoms with van der Waals surface area (Å²) >= 11 is 0. The second-order valence-corrected chi connectivity index (χ2v) is 6.70. The lowest BCUT2D eigenvalue weighted by Gasteiger charge is -2.17. The van der Waals surface area contributed by atoms with Crippen LogP contribution in [0.1, 0.15) is 111 Å². The summed E-state index contributed by atoms with van der Waals surface area (Å²) in [6.07, 6.45) is 17.0. The van der Waals surface area contributed by atoms with Gasteiger partial charge in [-0.05, 0) is 25.2 Å². The molecule has 0 radical (unpaired) electrons. The highest BCUT2D eigenvalue weighted by Crippen LogP contribution is 2.19. The summed E-state index contributed by atoms with van der Waals surface area (Å²) in [5, 5.41) is 0. The van der Waals surface area contributed by atoms with Crippen LogP contribution in [0.15, 0.2) is 0 Å². The van der Waals surface area contributed by atoms with E-state index >= 15 is 0 Å². The van der Waals surface area contributed by atoms with Crippen molar-refractivity contribution in [2.24, 2.45) is 5.92 Å². The van der Waals surface area contributed by atoms with Crippen molar-refractivity contribution in [3.05, 3.63) is 0 Å². The predicted octanol–water partition coefficient (Wildman–Crippen LogP) is 6.67. The smallest absolute Gasteiger partial charge is 0.305 e. The quantitative estimate of drug-likeness (QED) is 0.235. The summed E-state index contributed by atoms with van der Waals surface area (Å²) in [7, 11) is 0. The van der Waals surface area contributed by atoms with Crippen LogP contribution in [0.2, 0.25) is 0 Å². The van der Waals surface area contributed by atoms with E-state index in [0.717, 1.165) is 12.8 Å². The standard InChI is InChI=1S/C20H40O2/c1-4-7-10-12-14-16-19(15-13-11-8-5-2)18-22-20(21)17-9-6-3/h19H,4-18H2,1-3H3. The van der Waals surface area contributed by atoms with E-state index in [1.54, 1.807) is 0 Å². The SMILES string of the molecule is CCCCCCCC(CCCCCC)COC(=O)CCCC. The number of esters is 1. The highest BCUT2D eigenvalue weighted by Gasteiger charge is 2.12. The molecule has 0 heterocycles.